The molecule has 0 N–H and O–H groups in total. The van der Waals surface area contributed by atoms with Crippen LogP contribution in [0.5, 0.6) is 0 Å². The standard InChI is InChI=1S/C15H15ClN2O/c16-8-12-10-17-9-11-4-1-2-5-13(11)18-7-3-6-14(18)15(17)19-12/h1-7,12,15H,8-10H2. The molecule has 1 aromatic heterocycles. The van der Waals surface area contributed by atoms with Crippen molar-refractivity contribution < 1.29 is 4.74 Å². The van der Waals surface area contributed by atoms with Gasteiger partial charge in [-0.2, -0.15) is 0 Å². The number of benzene rings is 1. The lowest BCUT2D eigenvalue weighted by Gasteiger charge is -2.19. The van der Waals surface area contributed by atoms with E-state index in [9.17, 15) is 0 Å². The fourth-order valence-corrected chi connectivity index (χ4v) is 3.24. The number of rotatable bonds is 1. The zero-order valence-electron chi connectivity index (χ0n) is 10.5. The topological polar surface area (TPSA) is 17.4 Å². The van der Waals surface area contributed by atoms with Crippen molar-refractivity contribution in [3.8, 4) is 5.69 Å². The second kappa shape index (κ2) is 4.37. The SMILES string of the molecule is ClCC1CN2Cc3ccccc3-n3cccc3C2O1. The first-order valence-electron chi connectivity index (χ1n) is 6.58. The number of aromatic nitrogens is 1. The molecule has 4 rings (SSSR count). The minimum Gasteiger partial charge on any atom is -0.351 e. The minimum atomic E-state index is 0.0196. The number of hydrogen-bond donors (Lipinski definition) is 0. The molecule has 0 amide bonds. The van der Waals surface area contributed by atoms with Gasteiger partial charge in [0.25, 0.3) is 0 Å². The van der Waals surface area contributed by atoms with Gasteiger partial charge in [0, 0.05) is 30.9 Å². The van der Waals surface area contributed by atoms with Crippen LogP contribution in [0.2, 0.25) is 0 Å². The molecule has 1 saturated heterocycles. The van der Waals surface area contributed by atoms with E-state index in [2.05, 4.69) is 52.1 Å². The summed E-state index contributed by atoms with van der Waals surface area (Å²) < 4.78 is 8.32. The van der Waals surface area contributed by atoms with Crippen LogP contribution >= 0.6 is 11.6 Å². The molecular weight excluding hydrogens is 260 g/mol. The van der Waals surface area contributed by atoms with Crippen molar-refractivity contribution >= 4 is 11.6 Å². The van der Waals surface area contributed by atoms with E-state index >= 15 is 0 Å². The average Bonchev–Trinajstić information content (AvgIpc) is 3.03. The molecule has 0 bridgehead atoms. The Morgan fingerprint density at radius 3 is 3.00 bits per heavy atom. The van der Waals surface area contributed by atoms with Gasteiger partial charge in [0.15, 0.2) is 6.23 Å². The smallest absolute Gasteiger partial charge is 0.153 e. The van der Waals surface area contributed by atoms with Gasteiger partial charge in [-0.25, -0.2) is 0 Å². The van der Waals surface area contributed by atoms with Gasteiger partial charge < -0.3 is 9.30 Å². The first kappa shape index (κ1) is 11.5. The first-order chi connectivity index (χ1) is 9.36. The van der Waals surface area contributed by atoms with Crippen molar-refractivity contribution in [2.75, 3.05) is 12.4 Å². The third kappa shape index (κ3) is 1.73. The van der Waals surface area contributed by atoms with Gasteiger partial charge in [0.05, 0.1) is 11.8 Å². The number of ether oxygens (including phenoxy) is 1. The molecule has 3 nitrogen and oxygen atoms in total. The molecule has 2 aromatic rings. The van der Waals surface area contributed by atoms with Crippen LogP contribution in [-0.4, -0.2) is 28.0 Å². The second-order valence-corrected chi connectivity index (χ2v) is 5.43. The summed E-state index contributed by atoms with van der Waals surface area (Å²) in [5, 5.41) is 0. The summed E-state index contributed by atoms with van der Waals surface area (Å²) in [5.74, 6) is 0.551. The fraction of sp³-hybridized carbons (Fsp3) is 0.333. The van der Waals surface area contributed by atoms with Crippen LogP contribution in [-0.2, 0) is 11.3 Å². The number of fused-ring (bicyclic) bond motifs is 5. The molecule has 0 spiro atoms. The Bertz CT molecular complexity index is 610. The molecule has 0 saturated carbocycles. The highest BCUT2D eigenvalue weighted by Gasteiger charge is 2.37. The summed E-state index contributed by atoms with van der Waals surface area (Å²) in [6.07, 6.45) is 2.25. The van der Waals surface area contributed by atoms with Gasteiger partial charge in [0.2, 0.25) is 0 Å². The van der Waals surface area contributed by atoms with E-state index in [1.807, 2.05) is 0 Å². The first-order valence-corrected chi connectivity index (χ1v) is 7.11. The van der Waals surface area contributed by atoms with E-state index in [0.29, 0.717) is 5.88 Å². The molecule has 0 aliphatic carbocycles. The number of nitrogens with zero attached hydrogens (tertiary/aromatic N) is 2. The lowest BCUT2D eigenvalue weighted by Crippen LogP contribution is -2.23. The summed E-state index contributed by atoms with van der Waals surface area (Å²) in [6, 6.07) is 12.7. The highest BCUT2D eigenvalue weighted by molar-refractivity contribution is 6.18. The van der Waals surface area contributed by atoms with Gasteiger partial charge in [-0.3, -0.25) is 4.90 Å². The fourth-order valence-electron chi connectivity index (χ4n) is 3.07. The van der Waals surface area contributed by atoms with Gasteiger partial charge in [-0.15, -0.1) is 11.6 Å². The van der Waals surface area contributed by atoms with Crippen LogP contribution in [0, 0.1) is 0 Å². The van der Waals surface area contributed by atoms with Crippen molar-refractivity contribution in [2.24, 2.45) is 0 Å². The summed E-state index contributed by atoms with van der Waals surface area (Å²) in [7, 11) is 0. The van der Waals surface area contributed by atoms with E-state index in [1.165, 1.54) is 16.9 Å². The summed E-state index contributed by atoms with van der Waals surface area (Å²) in [5.41, 5.74) is 3.78. The molecule has 2 unspecified atom stereocenters. The summed E-state index contributed by atoms with van der Waals surface area (Å²) >= 11 is 5.96. The zero-order chi connectivity index (χ0) is 12.8. The van der Waals surface area contributed by atoms with Crippen LogP contribution in [0.15, 0.2) is 42.6 Å². The lowest BCUT2D eigenvalue weighted by molar-refractivity contribution is 0.000329. The highest BCUT2D eigenvalue weighted by atomic mass is 35.5. The van der Waals surface area contributed by atoms with E-state index < -0.39 is 0 Å². The van der Waals surface area contributed by atoms with Gasteiger partial charge >= 0.3 is 0 Å². The quantitative estimate of drug-likeness (QED) is 0.744. The van der Waals surface area contributed by atoms with Crippen molar-refractivity contribution in [3.05, 3.63) is 53.9 Å². The van der Waals surface area contributed by atoms with E-state index in [-0.39, 0.29) is 12.3 Å². The molecule has 19 heavy (non-hydrogen) atoms. The van der Waals surface area contributed by atoms with Crippen molar-refractivity contribution in [1.82, 2.24) is 9.47 Å². The molecule has 4 heteroatoms. The van der Waals surface area contributed by atoms with Gasteiger partial charge in [-0.1, -0.05) is 18.2 Å². The van der Waals surface area contributed by atoms with Crippen LogP contribution in [0.25, 0.3) is 5.69 Å². The van der Waals surface area contributed by atoms with Crippen molar-refractivity contribution in [3.63, 3.8) is 0 Å². The third-order valence-electron chi connectivity index (χ3n) is 3.92. The lowest BCUT2D eigenvalue weighted by atomic mass is 10.1. The molecule has 0 radical (unpaired) electrons. The molecule has 3 heterocycles. The maximum Gasteiger partial charge on any atom is 0.153 e. The predicted octanol–water partition coefficient (Wildman–Crippen LogP) is 2.93. The number of halogens is 1. The maximum atomic E-state index is 6.08. The van der Waals surface area contributed by atoms with Crippen LogP contribution in [0.1, 0.15) is 17.5 Å². The average molecular weight is 275 g/mol. The Kier molecular flexibility index (Phi) is 2.65. The molecule has 98 valence electrons. The molecular formula is C15H15ClN2O. The van der Waals surface area contributed by atoms with Crippen molar-refractivity contribution in [1.29, 1.82) is 0 Å². The van der Waals surface area contributed by atoms with E-state index in [1.54, 1.807) is 0 Å². The molecule has 1 fully saturated rings. The number of alkyl halides is 1. The van der Waals surface area contributed by atoms with Crippen LogP contribution in [0.3, 0.4) is 0 Å². The molecule has 2 atom stereocenters. The number of para-hydroxylation sites is 1. The Balaban J connectivity index is 1.86. The normalized spacial score (nSPS) is 25.5. The summed E-state index contributed by atoms with van der Waals surface area (Å²) in [6.45, 7) is 1.81. The van der Waals surface area contributed by atoms with Crippen LogP contribution in [0.4, 0.5) is 0 Å². The Morgan fingerprint density at radius 1 is 1.21 bits per heavy atom. The Morgan fingerprint density at radius 2 is 2.11 bits per heavy atom. The third-order valence-corrected chi connectivity index (χ3v) is 4.27. The Labute approximate surface area is 117 Å². The largest absolute Gasteiger partial charge is 0.351 e. The summed E-state index contributed by atoms with van der Waals surface area (Å²) in [4.78, 5) is 2.37. The molecule has 2 aliphatic heterocycles. The molecule has 1 aromatic carbocycles. The maximum absolute atomic E-state index is 6.08. The Hall–Kier alpha value is -1.29. The van der Waals surface area contributed by atoms with Gasteiger partial charge in [0.1, 0.15) is 0 Å². The van der Waals surface area contributed by atoms with E-state index in [0.717, 1.165) is 13.1 Å². The highest BCUT2D eigenvalue weighted by Crippen LogP contribution is 2.37. The molecule has 2 aliphatic rings. The zero-order valence-corrected chi connectivity index (χ0v) is 11.3. The monoisotopic (exact) mass is 274 g/mol. The van der Waals surface area contributed by atoms with Crippen molar-refractivity contribution in [2.45, 2.75) is 18.9 Å². The van der Waals surface area contributed by atoms with Gasteiger partial charge in [-0.05, 0) is 23.8 Å². The number of hydrogen-bond acceptors (Lipinski definition) is 2. The second-order valence-electron chi connectivity index (χ2n) is 5.13. The van der Waals surface area contributed by atoms with E-state index in [4.69, 9.17) is 16.3 Å². The predicted molar refractivity (Wildman–Crippen MR) is 74.5 cm³/mol. The van der Waals surface area contributed by atoms with Crippen LogP contribution < -0.4 is 0 Å². The minimum absolute atomic E-state index is 0.0196.